The highest BCUT2D eigenvalue weighted by molar-refractivity contribution is 9.10. The van der Waals surface area contributed by atoms with Gasteiger partial charge in [0.15, 0.2) is 0 Å². The van der Waals surface area contributed by atoms with Crippen LogP contribution in [0.15, 0.2) is 22.7 Å². The molecule has 0 spiro atoms. The van der Waals surface area contributed by atoms with E-state index in [9.17, 15) is 4.21 Å². The molecule has 0 bridgehead atoms. The van der Waals surface area contributed by atoms with E-state index in [0.717, 1.165) is 16.7 Å². The molecular weight excluding hydrogens is 262 g/mol. The Morgan fingerprint density at radius 1 is 1.50 bits per heavy atom. The number of halogens is 1. The maximum atomic E-state index is 10.8. The second-order valence-electron chi connectivity index (χ2n) is 3.16. The molecule has 0 aliphatic heterocycles. The fourth-order valence-corrected chi connectivity index (χ4v) is 1.86. The Morgan fingerprint density at radius 3 is 2.86 bits per heavy atom. The van der Waals surface area contributed by atoms with E-state index < -0.39 is 10.8 Å². The van der Waals surface area contributed by atoms with Gasteiger partial charge in [0.25, 0.3) is 0 Å². The van der Waals surface area contributed by atoms with Crippen LogP contribution in [0.5, 0.6) is 0 Å². The molecule has 2 nitrogen and oxygen atoms in total. The summed E-state index contributed by atoms with van der Waals surface area (Å²) in [7, 11) is -0.725. The summed E-state index contributed by atoms with van der Waals surface area (Å²) >= 11 is 3.42. The van der Waals surface area contributed by atoms with Crippen molar-refractivity contribution >= 4 is 32.4 Å². The monoisotopic (exact) mass is 275 g/mol. The Morgan fingerprint density at radius 2 is 2.21 bits per heavy atom. The minimum atomic E-state index is -0.725. The van der Waals surface area contributed by atoms with Crippen LogP contribution in [0.3, 0.4) is 0 Å². The first-order chi connectivity index (χ1) is 6.59. The van der Waals surface area contributed by atoms with Gasteiger partial charge in [-0.3, -0.25) is 4.21 Å². The lowest BCUT2D eigenvalue weighted by atomic mass is 10.2. The zero-order valence-electron chi connectivity index (χ0n) is 8.34. The van der Waals surface area contributed by atoms with E-state index in [2.05, 4.69) is 34.2 Å². The predicted octanol–water partition coefficient (Wildman–Crippen LogP) is 2.55. The molecule has 0 saturated carbocycles. The first kappa shape index (κ1) is 11.7. The molecule has 78 valence electrons. The van der Waals surface area contributed by atoms with Gasteiger partial charge < -0.3 is 5.32 Å². The smallest absolute Gasteiger partial charge is 0.0405 e. The lowest BCUT2D eigenvalue weighted by Gasteiger charge is -2.08. The SMILES string of the molecule is Cc1ccc(Br)cc1NCCS(C)=O. The molecule has 0 saturated heterocycles. The minimum Gasteiger partial charge on any atom is -0.384 e. The van der Waals surface area contributed by atoms with Gasteiger partial charge in [0.2, 0.25) is 0 Å². The zero-order chi connectivity index (χ0) is 10.6. The molecule has 0 amide bonds. The normalized spacial score (nSPS) is 12.5. The van der Waals surface area contributed by atoms with Gasteiger partial charge in [0.05, 0.1) is 0 Å². The van der Waals surface area contributed by atoms with E-state index >= 15 is 0 Å². The van der Waals surface area contributed by atoms with Crippen LogP contribution in [0.1, 0.15) is 5.56 Å². The highest BCUT2D eigenvalue weighted by Crippen LogP contribution is 2.20. The molecule has 4 heteroatoms. The van der Waals surface area contributed by atoms with Gasteiger partial charge >= 0.3 is 0 Å². The predicted molar refractivity (Wildman–Crippen MR) is 66.3 cm³/mol. The number of nitrogens with one attached hydrogen (secondary N) is 1. The lowest BCUT2D eigenvalue weighted by molar-refractivity contribution is 0.687. The third-order valence-electron chi connectivity index (χ3n) is 1.90. The van der Waals surface area contributed by atoms with E-state index in [1.54, 1.807) is 6.26 Å². The van der Waals surface area contributed by atoms with Crippen LogP contribution >= 0.6 is 15.9 Å². The third-order valence-corrected chi connectivity index (χ3v) is 3.18. The van der Waals surface area contributed by atoms with Gasteiger partial charge in [-0.1, -0.05) is 22.0 Å². The van der Waals surface area contributed by atoms with Crippen LogP contribution in [-0.2, 0) is 10.8 Å². The maximum absolute atomic E-state index is 10.8. The fourth-order valence-electron chi connectivity index (χ4n) is 1.11. The summed E-state index contributed by atoms with van der Waals surface area (Å²) < 4.78 is 11.9. The molecule has 1 rings (SSSR count). The Hall–Kier alpha value is -0.350. The van der Waals surface area contributed by atoms with Crippen LogP contribution in [0.25, 0.3) is 0 Å². The topological polar surface area (TPSA) is 29.1 Å². The Balaban J connectivity index is 2.57. The average Bonchev–Trinajstić information content (AvgIpc) is 2.10. The second kappa shape index (κ2) is 5.51. The summed E-state index contributed by atoms with van der Waals surface area (Å²) in [4.78, 5) is 0. The van der Waals surface area contributed by atoms with Gasteiger partial charge in [-0.05, 0) is 24.6 Å². The van der Waals surface area contributed by atoms with E-state index in [4.69, 9.17) is 0 Å². The molecule has 0 radical (unpaired) electrons. The van der Waals surface area contributed by atoms with Gasteiger partial charge in [-0.15, -0.1) is 0 Å². The summed E-state index contributed by atoms with van der Waals surface area (Å²) in [5.74, 6) is 0.686. The largest absolute Gasteiger partial charge is 0.384 e. The van der Waals surface area contributed by atoms with Crippen molar-refractivity contribution in [3.63, 3.8) is 0 Å². The summed E-state index contributed by atoms with van der Waals surface area (Å²) in [6.07, 6.45) is 1.72. The fraction of sp³-hybridized carbons (Fsp3) is 0.400. The number of rotatable bonds is 4. The van der Waals surface area contributed by atoms with E-state index in [1.165, 1.54) is 5.56 Å². The van der Waals surface area contributed by atoms with Crippen LogP contribution in [0.2, 0.25) is 0 Å². The molecule has 14 heavy (non-hydrogen) atoms. The van der Waals surface area contributed by atoms with Crippen LogP contribution in [0, 0.1) is 6.92 Å². The molecule has 0 fully saturated rings. The third kappa shape index (κ3) is 3.80. The molecule has 0 aromatic heterocycles. The zero-order valence-corrected chi connectivity index (χ0v) is 10.7. The molecule has 1 aromatic rings. The van der Waals surface area contributed by atoms with Gasteiger partial charge in [0, 0.05) is 39.5 Å². The van der Waals surface area contributed by atoms with Crippen molar-refractivity contribution < 1.29 is 4.21 Å². The van der Waals surface area contributed by atoms with Crippen molar-refractivity contribution in [3.8, 4) is 0 Å². The van der Waals surface area contributed by atoms with Gasteiger partial charge in [0.1, 0.15) is 0 Å². The molecule has 1 N–H and O–H groups in total. The molecular formula is C10H14BrNOS. The number of hydrogen-bond acceptors (Lipinski definition) is 2. The number of anilines is 1. The Bertz CT molecular complexity index is 341. The number of benzene rings is 1. The summed E-state index contributed by atoms with van der Waals surface area (Å²) in [6.45, 7) is 2.80. The summed E-state index contributed by atoms with van der Waals surface area (Å²) in [5, 5.41) is 3.26. The molecule has 0 heterocycles. The lowest BCUT2D eigenvalue weighted by Crippen LogP contribution is -2.10. The highest BCUT2D eigenvalue weighted by atomic mass is 79.9. The summed E-state index contributed by atoms with van der Waals surface area (Å²) in [6, 6.07) is 6.10. The van der Waals surface area contributed by atoms with E-state index in [1.807, 2.05) is 12.1 Å². The first-order valence-corrected chi connectivity index (χ1v) is 6.91. The van der Waals surface area contributed by atoms with E-state index in [0.29, 0.717) is 5.75 Å². The first-order valence-electron chi connectivity index (χ1n) is 4.39. The molecule has 0 aliphatic carbocycles. The minimum absolute atomic E-state index is 0.686. The van der Waals surface area contributed by atoms with Crippen LogP contribution in [0.4, 0.5) is 5.69 Å². The number of hydrogen-bond donors (Lipinski definition) is 1. The van der Waals surface area contributed by atoms with Crippen molar-refractivity contribution in [3.05, 3.63) is 28.2 Å². The van der Waals surface area contributed by atoms with Gasteiger partial charge in [-0.2, -0.15) is 0 Å². The highest BCUT2D eigenvalue weighted by Gasteiger charge is 1.98. The van der Waals surface area contributed by atoms with Crippen molar-refractivity contribution in [2.45, 2.75) is 6.92 Å². The van der Waals surface area contributed by atoms with E-state index in [-0.39, 0.29) is 0 Å². The Labute approximate surface area is 95.7 Å². The number of aryl methyl sites for hydroxylation is 1. The maximum Gasteiger partial charge on any atom is 0.0405 e. The quantitative estimate of drug-likeness (QED) is 0.915. The Kier molecular flexibility index (Phi) is 4.62. The standard InChI is InChI=1S/C10H14BrNOS/c1-8-3-4-9(11)7-10(8)12-5-6-14(2)13/h3-4,7,12H,5-6H2,1-2H3. The van der Waals surface area contributed by atoms with Crippen LogP contribution in [-0.4, -0.2) is 22.8 Å². The van der Waals surface area contributed by atoms with Crippen molar-refractivity contribution in [1.29, 1.82) is 0 Å². The average molecular weight is 276 g/mol. The van der Waals surface area contributed by atoms with Crippen molar-refractivity contribution in [2.75, 3.05) is 23.9 Å². The summed E-state index contributed by atoms with van der Waals surface area (Å²) in [5.41, 5.74) is 2.31. The van der Waals surface area contributed by atoms with Crippen molar-refractivity contribution in [1.82, 2.24) is 0 Å². The molecule has 1 unspecified atom stereocenters. The molecule has 1 atom stereocenters. The molecule has 0 aliphatic rings. The van der Waals surface area contributed by atoms with Crippen molar-refractivity contribution in [2.24, 2.45) is 0 Å². The van der Waals surface area contributed by atoms with Crippen LogP contribution < -0.4 is 5.32 Å². The molecule has 1 aromatic carbocycles. The van der Waals surface area contributed by atoms with Gasteiger partial charge in [-0.25, -0.2) is 0 Å². The second-order valence-corrected chi connectivity index (χ2v) is 5.63.